The second-order valence-electron chi connectivity index (χ2n) is 5.87. The van der Waals surface area contributed by atoms with E-state index in [1.54, 1.807) is 18.2 Å². The van der Waals surface area contributed by atoms with Gasteiger partial charge in [-0.25, -0.2) is 0 Å². The summed E-state index contributed by atoms with van der Waals surface area (Å²) in [6, 6.07) is 13.4. The molecule has 5 nitrogen and oxygen atoms in total. The molecule has 1 saturated heterocycles. The Morgan fingerprint density at radius 1 is 0.957 bits per heavy atom. The summed E-state index contributed by atoms with van der Waals surface area (Å²) in [6.45, 7) is 0. The number of rotatable bonds is 3. The summed E-state index contributed by atoms with van der Waals surface area (Å²) in [5.74, 6) is -3.31. The number of carbonyl (C=O) groups excluding carboxylic acids is 2. The fourth-order valence-corrected chi connectivity index (χ4v) is 3.39. The molecule has 2 aromatic rings. The normalized spacial score (nSPS) is 28.2. The van der Waals surface area contributed by atoms with E-state index < -0.39 is 30.0 Å². The zero-order valence-electron chi connectivity index (χ0n) is 12.1. The van der Waals surface area contributed by atoms with Crippen molar-refractivity contribution in [2.45, 2.75) is 12.2 Å². The number of anilines is 1. The fraction of sp³-hybridized carbons (Fsp3) is 0.222. The maximum atomic E-state index is 12.5. The highest BCUT2D eigenvalue weighted by atomic mass is 16.5. The van der Waals surface area contributed by atoms with Crippen molar-refractivity contribution in [3.8, 4) is 0 Å². The number of amides is 1. The molecular formula is C18H14NO4-. The molecule has 2 aromatic carbocycles. The molecule has 2 heterocycles. The van der Waals surface area contributed by atoms with Crippen molar-refractivity contribution in [2.75, 3.05) is 5.32 Å². The summed E-state index contributed by atoms with van der Waals surface area (Å²) in [5.41, 5.74) is 0.637. The Morgan fingerprint density at radius 3 is 2.39 bits per heavy atom. The van der Waals surface area contributed by atoms with Gasteiger partial charge in [-0.05, 0) is 22.9 Å². The molecule has 2 aliphatic rings. The summed E-state index contributed by atoms with van der Waals surface area (Å²) in [7, 11) is 0. The first-order chi connectivity index (χ1) is 11.1. The molecule has 116 valence electrons. The van der Waals surface area contributed by atoms with Gasteiger partial charge in [-0.1, -0.05) is 42.5 Å². The van der Waals surface area contributed by atoms with Crippen molar-refractivity contribution in [1.82, 2.24) is 0 Å². The van der Waals surface area contributed by atoms with E-state index in [0.29, 0.717) is 5.69 Å². The predicted octanol–water partition coefficient (Wildman–Crippen LogP) is 1.10. The molecule has 1 N–H and O–H groups in total. The lowest BCUT2D eigenvalue weighted by Crippen LogP contribution is -2.45. The number of hydrogen-bond acceptors (Lipinski definition) is 4. The van der Waals surface area contributed by atoms with E-state index >= 15 is 0 Å². The van der Waals surface area contributed by atoms with Crippen molar-refractivity contribution >= 4 is 28.3 Å². The average molecular weight is 308 g/mol. The number of carboxylic acids is 1. The summed E-state index contributed by atoms with van der Waals surface area (Å²) in [5, 5.41) is 16.2. The zero-order valence-corrected chi connectivity index (χ0v) is 12.1. The van der Waals surface area contributed by atoms with Crippen LogP contribution in [0.2, 0.25) is 0 Å². The highest BCUT2D eigenvalue weighted by molar-refractivity contribution is 5.98. The van der Waals surface area contributed by atoms with E-state index in [1.165, 1.54) is 0 Å². The first-order valence-electron chi connectivity index (χ1n) is 7.48. The monoisotopic (exact) mass is 308 g/mol. The minimum atomic E-state index is -1.25. The summed E-state index contributed by atoms with van der Waals surface area (Å²) in [4.78, 5) is 23.9. The second kappa shape index (κ2) is 5.21. The molecule has 0 unspecified atom stereocenters. The third-order valence-corrected chi connectivity index (χ3v) is 4.49. The van der Waals surface area contributed by atoms with Crippen LogP contribution in [0.5, 0.6) is 0 Å². The largest absolute Gasteiger partial charge is 0.550 e. The Bertz CT molecular complexity index is 829. The van der Waals surface area contributed by atoms with E-state index in [2.05, 4.69) is 5.32 Å². The SMILES string of the molecule is O=C([O-])[C@@H]1[C@H](C(=O)Nc2ccc3ccccc3c2)[C@@H]2C=C[C@H]1O2. The van der Waals surface area contributed by atoms with Crippen molar-refractivity contribution in [3.63, 3.8) is 0 Å². The average Bonchev–Trinajstić information content (AvgIpc) is 3.15. The van der Waals surface area contributed by atoms with Crippen LogP contribution in [0.1, 0.15) is 0 Å². The quantitative estimate of drug-likeness (QED) is 0.861. The maximum Gasteiger partial charge on any atom is 0.231 e. The van der Waals surface area contributed by atoms with Crippen LogP contribution in [0.3, 0.4) is 0 Å². The van der Waals surface area contributed by atoms with Crippen molar-refractivity contribution in [2.24, 2.45) is 11.8 Å². The molecule has 2 bridgehead atoms. The van der Waals surface area contributed by atoms with E-state index in [-0.39, 0.29) is 5.91 Å². The molecule has 0 radical (unpaired) electrons. The van der Waals surface area contributed by atoms with Crippen LogP contribution in [0.25, 0.3) is 10.8 Å². The Balaban J connectivity index is 1.59. The lowest BCUT2D eigenvalue weighted by atomic mass is 9.82. The van der Waals surface area contributed by atoms with E-state index in [1.807, 2.05) is 36.4 Å². The summed E-state index contributed by atoms with van der Waals surface area (Å²) >= 11 is 0. The molecule has 4 atom stereocenters. The molecule has 1 fully saturated rings. The maximum absolute atomic E-state index is 12.5. The predicted molar refractivity (Wildman–Crippen MR) is 82.4 cm³/mol. The van der Waals surface area contributed by atoms with Crippen molar-refractivity contribution in [1.29, 1.82) is 0 Å². The molecule has 0 spiro atoms. The van der Waals surface area contributed by atoms with Gasteiger partial charge in [-0.15, -0.1) is 0 Å². The smallest absolute Gasteiger partial charge is 0.231 e. The molecule has 4 rings (SSSR count). The van der Waals surface area contributed by atoms with Crippen molar-refractivity contribution < 1.29 is 19.4 Å². The Hall–Kier alpha value is -2.66. The number of nitrogens with one attached hydrogen (secondary N) is 1. The number of carbonyl (C=O) groups is 2. The second-order valence-corrected chi connectivity index (χ2v) is 5.87. The lowest BCUT2D eigenvalue weighted by molar-refractivity contribution is -0.313. The van der Waals surface area contributed by atoms with Gasteiger partial charge in [0.1, 0.15) is 0 Å². The first kappa shape index (κ1) is 14.0. The van der Waals surface area contributed by atoms with Gasteiger partial charge in [0, 0.05) is 17.6 Å². The fourth-order valence-electron chi connectivity index (χ4n) is 3.39. The van der Waals surface area contributed by atoms with Gasteiger partial charge < -0.3 is 20.0 Å². The minimum Gasteiger partial charge on any atom is -0.550 e. The zero-order chi connectivity index (χ0) is 16.0. The molecule has 0 aromatic heterocycles. The molecule has 0 saturated carbocycles. The standard InChI is InChI=1S/C18H15NO4/c20-17(15-13-7-8-14(23-13)16(15)18(21)22)19-12-6-5-10-3-1-2-4-11(10)9-12/h1-9,13-16H,(H,19,20)(H,21,22)/p-1/t13-,14+,15+,16-/m0/s1. The van der Waals surface area contributed by atoms with Crippen LogP contribution >= 0.6 is 0 Å². The Kier molecular flexibility index (Phi) is 3.16. The molecule has 23 heavy (non-hydrogen) atoms. The number of ether oxygens (including phenoxy) is 1. The van der Waals surface area contributed by atoms with Crippen LogP contribution in [0.15, 0.2) is 54.6 Å². The number of carboxylic acid groups (broad SMARTS) is 1. The molecule has 2 aliphatic heterocycles. The Morgan fingerprint density at radius 2 is 1.65 bits per heavy atom. The number of benzene rings is 2. The van der Waals surface area contributed by atoms with Crippen LogP contribution in [-0.4, -0.2) is 24.1 Å². The van der Waals surface area contributed by atoms with Gasteiger partial charge in [0.2, 0.25) is 5.91 Å². The van der Waals surface area contributed by atoms with Crippen LogP contribution in [-0.2, 0) is 14.3 Å². The van der Waals surface area contributed by atoms with Crippen molar-refractivity contribution in [3.05, 3.63) is 54.6 Å². The third-order valence-electron chi connectivity index (χ3n) is 4.49. The summed E-state index contributed by atoms with van der Waals surface area (Å²) < 4.78 is 5.50. The van der Waals surface area contributed by atoms with E-state index in [4.69, 9.17) is 4.74 Å². The number of hydrogen-bond donors (Lipinski definition) is 1. The molecule has 0 aliphatic carbocycles. The van der Waals surface area contributed by atoms with Gasteiger partial charge in [-0.3, -0.25) is 4.79 Å². The van der Waals surface area contributed by atoms with Crippen LogP contribution < -0.4 is 10.4 Å². The van der Waals surface area contributed by atoms with Gasteiger partial charge >= 0.3 is 0 Å². The summed E-state index contributed by atoms with van der Waals surface area (Å²) in [6.07, 6.45) is 2.36. The number of aliphatic carboxylic acids is 1. The van der Waals surface area contributed by atoms with Gasteiger partial charge in [0.25, 0.3) is 0 Å². The topological polar surface area (TPSA) is 78.5 Å². The van der Waals surface area contributed by atoms with Crippen LogP contribution in [0, 0.1) is 11.8 Å². The van der Waals surface area contributed by atoms with Gasteiger partial charge in [0.15, 0.2) is 0 Å². The highest BCUT2D eigenvalue weighted by Crippen LogP contribution is 2.39. The molecule has 1 amide bonds. The highest BCUT2D eigenvalue weighted by Gasteiger charge is 2.50. The van der Waals surface area contributed by atoms with Crippen LogP contribution in [0.4, 0.5) is 5.69 Å². The third kappa shape index (κ3) is 2.29. The van der Waals surface area contributed by atoms with E-state index in [9.17, 15) is 14.7 Å². The van der Waals surface area contributed by atoms with Gasteiger partial charge in [-0.2, -0.15) is 0 Å². The Labute approximate surface area is 132 Å². The molecular weight excluding hydrogens is 294 g/mol. The lowest BCUT2D eigenvalue weighted by Gasteiger charge is -2.25. The first-order valence-corrected chi connectivity index (χ1v) is 7.48. The molecule has 5 heteroatoms. The van der Waals surface area contributed by atoms with E-state index in [0.717, 1.165) is 10.8 Å². The van der Waals surface area contributed by atoms with Gasteiger partial charge in [0.05, 0.1) is 18.1 Å². The minimum absolute atomic E-state index is 0.355. The number of fused-ring (bicyclic) bond motifs is 3.